The first-order chi connectivity index (χ1) is 13.6. The summed E-state index contributed by atoms with van der Waals surface area (Å²) in [5, 5.41) is 4.98. The first-order valence-corrected chi connectivity index (χ1v) is 9.88. The van der Waals surface area contributed by atoms with Crippen molar-refractivity contribution in [1.82, 2.24) is 5.32 Å². The zero-order valence-electron chi connectivity index (χ0n) is 15.6. The number of ether oxygens (including phenoxy) is 1. The van der Waals surface area contributed by atoms with E-state index in [2.05, 4.69) is 5.32 Å². The van der Waals surface area contributed by atoms with Gasteiger partial charge in [-0.25, -0.2) is 0 Å². The summed E-state index contributed by atoms with van der Waals surface area (Å²) in [4.78, 5) is 28.8. The molecule has 0 aliphatic carbocycles. The zero-order chi connectivity index (χ0) is 19.7. The van der Waals surface area contributed by atoms with E-state index in [1.165, 1.54) is 0 Å². The highest BCUT2D eigenvalue weighted by atomic mass is 32.1. The molecule has 2 heterocycles. The third kappa shape index (κ3) is 3.27. The molecule has 4 rings (SSSR count). The minimum atomic E-state index is -0.234. The fraction of sp³-hybridized carbons (Fsp3) is 0.182. The number of benzene rings is 2. The van der Waals surface area contributed by atoms with Crippen LogP contribution in [0.1, 0.15) is 44.1 Å². The molecule has 0 spiro atoms. The van der Waals surface area contributed by atoms with Crippen molar-refractivity contribution in [2.75, 3.05) is 12.0 Å². The minimum absolute atomic E-state index is 0.113. The molecule has 0 saturated carbocycles. The van der Waals surface area contributed by atoms with E-state index < -0.39 is 0 Å². The number of carbonyl (C=O) groups excluding carboxylic acids is 2. The molecule has 1 aliphatic heterocycles. The molecule has 1 N–H and O–H groups in total. The molecule has 3 aromatic rings. The molecule has 1 aromatic heterocycles. The fourth-order valence-corrected chi connectivity index (χ4v) is 4.14. The number of hydrogen-bond donors (Lipinski definition) is 1. The third-order valence-electron chi connectivity index (χ3n) is 4.88. The second kappa shape index (κ2) is 7.48. The summed E-state index contributed by atoms with van der Waals surface area (Å²) in [7, 11) is 1.61. The number of rotatable bonds is 5. The lowest BCUT2D eigenvalue weighted by Gasteiger charge is -2.16. The summed E-state index contributed by atoms with van der Waals surface area (Å²) >= 11 is 1.59. The SMILES string of the molecule is COc1ccc(N2Cc3cccc(C(=O)NC(C)c4cccs4)c3C2=O)cc1. The van der Waals surface area contributed by atoms with Crippen molar-refractivity contribution in [3.8, 4) is 5.75 Å². The summed E-state index contributed by atoms with van der Waals surface area (Å²) < 4.78 is 5.18. The first-order valence-electron chi connectivity index (χ1n) is 9.00. The van der Waals surface area contributed by atoms with Crippen molar-refractivity contribution in [1.29, 1.82) is 0 Å². The Kier molecular flexibility index (Phi) is 4.88. The number of thiophene rings is 1. The van der Waals surface area contributed by atoms with E-state index in [-0.39, 0.29) is 17.9 Å². The predicted molar refractivity (Wildman–Crippen MR) is 110 cm³/mol. The number of carbonyl (C=O) groups is 2. The molecular weight excluding hydrogens is 372 g/mol. The van der Waals surface area contributed by atoms with E-state index in [9.17, 15) is 9.59 Å². The maximum Gasteiger partial charge on any atom is 0.259 e. The number of methoxy groups -OCH3 is 1. The molecule has 1 atom stereocenters. The van der Waals surface area contributed by atoms with Gasteiger partial charge in [0.05, 0.1) is 30.8 Å². The fourth-order valence-electron chi connectivity index (χ4n) is 3.40. The molecular formula is C22H20N2O3S. The van der Waals surface area contributed by atoms with E-state index >= 15 is 0 Å². The third-order valence-corrected chi connectivity index (χ3v) is 5.94. The largest absolute Gasteiger partial charge is 0.497 e. The zero-order valence-corrected chi connectivity index (χ0v) is 16.5. The van der Waals surface area contributed by atoms with Crippen molar-refractivity contribution in [3.63, 3.8) is 0 Å². The van der Waals surface area contributed by atoms with Gasteiger partial charge in [-0.15, -0.1) is 11.3 Å². The molecule has 2 aromatic carbocycles. The molecule has 1 unspecified atom stereocenters. The Bertz CT molecular complexity index is 1010. The van der Waals surface area contributed by atoms with Gasteiger partial charge in [-0.1, -0.05) is 18.2 Å². The molecule has 142 valence electrons. The Balaban J connectivity index is 1.60. The second-order valence-electron chi connectivity index (χ2n) is 6.64. The average molecular weight is 392 g/mol. The second-order valence-corrected chi connectivity index (χ2v) is 7.62. The van der Waals surface area contributed by atoms with Gasteiger partial charge in [0.1, 0.15) is 5.75 Å². The molecule has 2 amide bonds. The summed E-state index contributed by atoms with van der Waals surface area (Å²) in [5.41, 5.74) is 2.54. The number of anilines is 1. The van der Waals surface area contributed by atoms with Crippen LogP contribution in [-0.2, 0) is 6.54 Å². The van der Waals surface area contributed by atoms with Crippen molar-refractivity contribution < 1.29 is 14.3 Å². The molecule has 0 bridgehead atoms. The maximum atomic E-state index is 13.1. The summed E-state index contributed by atoms with van der Waals surface area (Å²) in [6, 6.07) is 16.6. The standard InChI is InChI=1S/C22H20N2O3S/c1-14(19-7-4-12-28-19)23-21(25)18-6-3-5-15-13-24(22(26)20(15)18)16-8-10-17(27-2)11-9-16/h3-12,14H,13H2,1-2H3,(H,23,25). The van der Waals surface area contributed by atoms with E-state index in [1.807, 2.05) is 60.8 Å². The number of hydrogen-bond acceptors (Lipinski definition) is 4. The predicted octanol–water partition coefficient (Wildman–Crippen LogP) is 4.41. The van der Waals surface area contributed by atoms with Crippen LogP contribution in [-0.4, -0.2) is 18.9 Å². The van der Waals surface area contributed by atoms with Crippen molar-refractivity contribution in [2.45, 2.75) is 19.5 Å². The van der Waals surface area contributed by atoms with Gasteiger partial charge in [-0.2, -0.15) is 0 Å². The van der Waals surface area contributed by atoms with Crippen LogP contribution in [0.4, 0.5) is 5.69 Å². The highest BCUT2D eigenvalue weighted by Gasteiger charge is 2.33. The molecule has 6 heteroatoms. The summed E-state index contributed by atoms with van der Waals surface area (Å²) in [5.74, 6) is 0.341. The van der Waals surface area contributed by atoms with Crippen LogP contribution in [0, 0.1) is 0 Å². The molecule has 1 aliphatic rings. The minimum Gasteiger partial charge on any atom is -0.497 e. The molecule has 28 heavy (non-hydrogen) atoms. The quantitative estimate of drug-likeness (QED) is 0.700. The van der Waals surface area contributed by atoms with Gasteiger partial charge in [-0.3, -0.25) is 9.59 Å². The van der Waals surface area contributed by atoms with Crippen LogP contribution in [0.3, 0.4) is 0 Å². The Hall–Kier alpha value is -3.12. The van der Waals surface area contributed by atoms with E-state index in [0.717, 1.165) is 21.9 Å². The van der Waals surface area contributed by atoms with Gasteiger partial charge in [0.2, 0.25) is 0 Å². The normalized spacial score (nSPS) is 13.9. The van der Waals surface area contributed by atoms with Crippen LogP contribution in [0.2, 0.25) is 0 Å². The van der Waals surface area contributed by atoms with Crippen LogP contribution in [0.15, 0.2) is 60.0 Å². The summed E-state index contributed by atoms with van der Waals surface area (Å²) in [6.07, 6.45) is 0. The number of fused-ring (bicyclic) bond motifs is 1. The summed E-state index contributed by atoms with van der Waals surface area (Å²) in [6.45, 7) is 2.39. The molecule has 0 fully saturated rings. The first kappa shape index (κ1) is 18.3. The molecule has 5 nitrogen and oxygen atoms in total. The highest BCUT2D eigenvalue weighted by Crippen LogP contribution is 2.31. The van der Waals surface area contributed by atoms with E-state index in [0.29, 0.717) is 17.7 Å². The van der Waals surface area contributed by atoms with Crippen LogP contribution < -0.4 is 15.0 Å². The van der Waals surface area contributed by atoms with Crippen LogP contribution in [0.25, 0.3) is 0 Å². The Labute approximate surface area is 167 Å². The number of amides is 2. The van der Waals surface area contributed by atoms with Crippen molar-refractivity contribution in [2.24, 2.45) is 0 Å². The van der Waals surface area contributed by atoms with Gasteiger partial charge < -0.3 is 15.0 Å². The maximum absolute atomic E-state index is 13.1. The van der Waals surface area contributed by atoms with Gasteiger partial charge >= 0.3 is 0 Å². The van der Waals surface area contributed by atoms with Gasteiger partial charge in [-0.05, 0) is 54.3 Å². The Morgan fingerprint density at radius 3 is 2.61 bits per heavy atom. The van der Waals surface area contributed by atoms with Gasteiger partial charge in [0.15, 0.2) is 0 Å². The van der Waals surface area contributed by atoms with Crippen LogP contribution in [0.5, 0.6) is 5.75 Å². The smallest absolute Gasteiger partial charge is 0.259 e. The average Bonchev–Trinajstić information content (AvgIpc) is 3.36. The Morgan fingerprint density at radius 2 is 1.93 bits per heavy atom. The van der Waals surface area contributed by atoms with E-state index in [4.69, 9.17) is 4.74 Å². The lowest BCUT2D eigenvalue weighted by atomic mass is 10.0. The van der Waals surface area contributed by atoms with Gasteiger partial charge in [0, 0.05) is 10.6 Å². The van der Waals surface area contributed by atoms with Crippen molar-refractivity contribution in [3.05, 3.63) is 81.5 Å². The lowest BCUT2D eigenvalue weighted by Crippen LogP contribution is -2.29. The Morgan fingerprint density at radius 1 is 1.14 bits per heavy atom. The van der Waals surface area contributed by atoms with E-state index in [1.54, 1.807) is 29.4 Å². The lowest BCUT2D eigenvalue weighted by molar-refractivity contribution is 0.0926. The number of nitrogens with one attached hydrogen (secondary N) is 1. The monoisotopic (exact) mass is 392 g/mol. The highest BCUT2D eigenvalue weighted by molar-refractivity contribution is 7.10. The van der Waals surface area contributed by atoms with Crippen molar-refractivity contribution >= 4 is 28.8 Å². The number of nitrogens with zero attached hydrogens (tertiary/aromatic N) is 1. The topological polar surface area (TPSA) is 58.6 Å². The molecule has 0 saturated heterocycles. The van der Waals surface area contributed by atoms with Crippen LogP contribution >= 0.6 is 11.3 Å². The molecule has 0 radical (unpaired) electrons. The van der Waals surface area contributed by atoms with Gasteiger partial charge in [0.25, 0.3) is 11.8 Å².